The van der Waals surface area contributed by atoms with Crippen LogP contribution in [0.4, 0.5) is 18.9 Å². The molecule has 0 aliphatic rings. The van der Waals surface area contributed by atoms with E-state index in [-0.39, 0.29) is 24.7 Å². The van der Waals surface area contributed by atoms with E-state index in [4.69, 9.17) is 5.73 Å². The standard InChI is InChI=1S/C11H13F3N4O3/c12-11(13,14)6-21-10-2-1-7(4-17-10)18-9(20)5-16-8(19)3-15/h1-2,4H,3,5-6,15H2,(H,16,19)(H,18,20). The molecule has 0 fully saturated rings. The van der Waals surface area contributed by atoms with Gasteiger partial charge in [0, 0.05) is 6.07 Å². The van der Waals surface area contributed by atoms with Gasteiger partial charge in [-0.05, 0) is 6.07 Å². The van der Waals surface area contributed by atoms with Crippen molar-refractivity contribution >= 4 is 17.5 Å². The molecule has 0 saturated carbocycles. The van der Waals surface area contributed by atoms with Crippen molar-refractivity contribution in [2.24, 2.45) is 5.73 Å². The summed E-state index contributed by atoms with van der Waals surface area (Å²) in [6, 6.07) is 2.50. The minimum absolute atomic E-state index is 0.221. The minimum atomic E-state index is -4.45. The van der Waals surface area contributed by atoms with E-state index in [1.54, 1.807) is 0 Å². The topological polar surface area (TPSA) is 106 Å². The molecule has 0 atom stereocenters. The number of ether oxygens (including phenoxy) is 1. The Hall–Kier alpha value is -2.36. The van der Waals surface area contributed by atoms with Crippen LogP contribution in [0.3, 0.4) is 0 Å². The van der Waals surface area contributed by atoms with Crippen molar-refractivity contribution in [1.82, 2.24) is 10.3 Å². The number of amides is 2. The van der Waals surface area contributed by atoms with E-state index in [0.717, 1.165) is 6.20 Å². The molecule has 0 radical (unpaired) electrons. The predicted octanol–water partition coefficient (Wildman–Crippen LogP) is 0.0361. The van der Waals surface area contributed by atoms with E-state index in [0.29, 0.717) is 0 Å². The van der Waals surface area contributed by atoms with Crippen molar-refractivity contribution < 1.29 is 27.5 Å². The number of halogens is 3. The largest absolute Gasteiger partial charge is 0.468 e. The quantitative estimate of drug-likeness (QED) is 0.688. The Morgan fingerprint density at radius 2 is 2.00 bits per heavy atom. The Balaban J connectivity index is 2.43. The van der Waals surface area contributed by atoms with Crippen LogP contribution in [0, 0.1) is 0 Å². The monoisotopic (exact) mass is 306 g/mol. The number of hydrogen-bond donors (Lipinski definition) is 3. The first-order chi connectivity index (χ1) is 9.80. The molecule has 1 aromatic rings. The van der Waals surface area contributed by atoms with E-state index < -0.39 is 24.6 Å². The Bertz CT molecular complexity index is 490. The summed E-state index contributed by atoms with van der Waals surface area (Å²) in [4.78, 5) is 25.8. The molecule has 0 unspecified atom stereocenters. The Morgan fingerprint density at radius 3 is 2.52 bits per heavy atom. The maximum Gasteiger partial charge on any atom is 0.422 e. The molecule has 0 spiro atoms. The molecule has 1 aromatic heterocycles. The lowest BCUT2D eigenvalue weighted by molar-refractivity contribution is -0.154. The Morgan fingerprint density at radius 1 is 1.29 bits per heavy atom. The number of anilines is 1. The third-order valence-electron chi connectivity index (χ3n) is 2.04. The first-order valence-electron chi connectivity index (χ1n) is 5.72. The summed E-state index contributed by atoms with van der Waals surface area (Å²) in [6.45, 7) is -1.96. The number of pyridine rings is 1. The zero-order valence-electron chi connectivity index (χ0n) is 10.7. The molecule has 0 aliphatic heterocycles. The Kier molecular flexibility index (Phi) is 5.91. The van der Waals surface area contributed by atoms with Gasteiger partial charge in [-0.3, -0.25) is 9.59 Å². The molecule has 7 nitrogen and oxygen atoms in total. The maximum absolute atomic E-state index is 11.9. The highest BCUT2D eigenvalue weighted by atomic mass is 19.4. The minimum Gasteiger partial charge on any atom is -0.468 e. The van der Waals surface area contributed by atoms with E-state index >= 15 is 0 Å². The number of rotatable bonds is 6. The van der Waals surface area contributed by atoms with Crippen molar-refractivity contribution in [1.29, 1.82) is 0 Å². The summed E-state index contributed by atoms with van der Waals surface area (Å²) < 4.78 is 40.2. The lowest BCUT2D eigenvalue weighted by Gasteiger charge is -2.09. The van der Waals surface area contributed by atoms with Crippen LogP contribution >= 0.6 is 0 Å². The number of carbonyl (C=O) groups excluding carboxylic acids is 2. The molecule has 116 valence electrons. The van der Waals surface area contributed by atoms with Crippen molar-refractivity contribution in [3.63, 3.8) is 0 Å². The number of alkyl halides is 3. The third kappa shape index (κ3) is 7.11. The lowest BCUT2D eigenvalue weighted by atomic mass is 10.4. The normalized spacial score (nSPS) is 10.9. The van der Waals surface area contributed by atoms with Crippen molar-refractivity contribution in [2.45, 2.75) is 6.18 Å². The molecule has 1 rings (SSSR count). The van der Waals surface area contributed by atoms with Crippen molar-refractivity contribution in [3.8, 4) is 5.88 Å². The second-order valence-corrected chi connectivity index (χ2v) is 3.82. The molecule has 0 bridgehead atoms. The molecule has 21 heavy (non-hydrogen) atoms. The zero-order valence-corrected chi connectivity index (χ0v) is 10.7. The van der Waals surface area contributed by atoms with E-state index in [1.165, 1.54) is 12.1 Å². The highest BCUT2D eigenvalue weighted by Crippen LogP contribution is 2.17. The molecule has 2 amide bonds. The van der Waals surface area contributed by atoms with Gasteiger partial charge in [0.2, 0.25) is 17.7 Å². The van der Waals surface area contributed by atoms with Gasteiger partial charge in [-0.1, -0.05) is 0 Å². The first-order valence-corrected chi connectivity index (χ1v) is 5.72. The predicted molar refractivity (Wildman–Crippen MR) is 66.5 cm³/mol. The molecular weight excluding hydrogens is 293 g/mol. The highest BCUT2D eigenvalue weighted by molar-refractivity contribution is 5.94. The van der Waals surface area contributed by atoms with Gasteiger partial charge < -0.3 is 21.1 Å². The number of hydrogen-bond acceptors (Lipinski definition) is 5. The summed E-state index contributed by atoms with van der Waals surface area (Å²) in [7, 11) is 0. The van der Waals surface area contributed by atoms with E-state index in [2.05, 4.69) is 20.4 Å². The highest BCUT2D eigenvalue weighted by Gasteiger charge is 2.28. The van der Waals surface area contributed by atoms with Crippen LogP contribution in [0.5, 0.6) is 5.88 Å². The number of nitrogens with two attached hydrogens (primary N) is 1. The summed E-state index contributed by atoms with van der Waals surface area (Å²) in [5.41, 5.74) is 5.29. The van der Waals surface area contributed by atoms with Gasteiger partial charge in [0.1, 0.15) is 0 Å². The van der Waals surface area contributed by atoms with E-state index in [1.807, 2.05) is 0 Å². The average molecular weight is 306 g/mol. The zero-order chi connectivity index (χ0) is 15.9. The van der Waals surface area contributed by atoms with Crippen LogP contribution in [0.15, 0.2) is 18.3 Å². The molecule has 4 N–H and O–H groups in total. The van der Waals surface area contributed by atoms with Crippen LogP contribution in [-0.2, 0) is 9.59 Å². The Labute approximate surface area is 117 Å². The van der Waals surface area contributed by atoms with E-state index in [9.17, 15) is 22.8 Å². The third-order valence-corrected chi connectivity index (χ3v) is 2.04. The summed E-state index contributed by atoms with van der Waals surface area (Å²) in [5.74, 6) is -1.23. The van der Waals surface area contributed by atoms with Crippen LogP contribution in [0.2, 0.25) is 0 Å². The van der Waals surface area contributed by atoms with Crippen LogP contribution < -0.4 is 21.1 Å². The van der Waals surface area contributed by atoms with Crippen LogP contribution in [0.25, 0.3) is 0 Å². The fourth-order valence-corrected chi connectivity index (χ4v) is 1.15. The van der Waals surface area contributed by atoms with Gasteiger partial charge in [-0.25, -0.2) is 4.98 Å². The fraction of sp³-hybridized carbons (Fsp3) is 0.364. The lowest BCUT2D eigenvalue weighted by Crippen LogP contribution is -2.36. The molecule has 1 heterocycles. The van der Waals surface area contributed by atoms with Gasteiger partial charge >= 0.3 is 6.18 Å². The van der Waals surface area contributed by atoms with Gasteiger partial charge in [0.15, 0.2) is 6.61 Å². The molecular formula is C11H13F3N4O3. The summed E-state index contributed by atoms with van der Waals surface area (Å²) >= 11 is 0. The van der Waals surface area contributed by atoms with Gasteiger partial charge in [0.25, 0.3) is 0 Å². The average Bonchev–Trinajstić information content (AvgIpc) is 2.43. The van der Waals surface area contributed by atoms with Crippen LogP contribution in [0.1, 0.15) is 0 Å². The van der Waals surface area contributed by atoms with Gasteiger partial charge in [-0.15, -0.1) is 0 Å². The second kappa shape index (κ2) is 7.43. The summed E-state index contributed by atoms with van der Waals surface area (Å²) in [6.07, 6.45) is -3.32. The molecule has 0 aromatic carbocycles. The molecule has 0 aliphatic carbocycles. The van der Waals surface area contributed by atoms with Crippen molar-refractivity contribution in [3.05, 3.63) is 18.3 Å². The molecule has 0 saturated heterocycles. The number of nitrogens with one attached hydrogen (secondary N) is 2. The fourth-order valence-electron chi connectivity index (χ4n) is 1.15. The smallest absolute Gasteiger partial charge is 0.422 e. The SMILES string of the molecule is NCC(=O)NCC(=O)Nc1ccc(OCC(F)(F)F)nc1. The second-order valence-electron chi connectivity index (χ2n) is 3.82. The number of aromatic nitrogens is 1. The maximum atomic E-state index is 11.9. The van der Waals surface area contributed by atoms with Crippen LogP contribution in [-0.4, -0.2) is 42.7 Å². The van der Waals surface area contributed by atoms with Crippen molar-refractivity contribution in [2.75, 3.05) is 25.0 Å². The molecule has 10 heteroatoms. The van der Waals surface area contributed by atoms with Gasteiger partial charge in [0.05, 0.1) is 25.0 Å². The number of nitrogens with zero attached hydrogens (tertiary/aromatic N) is 1. The summed E-state index contributed by atoms with van der Waals surface area (Å²) in [5, 5.41) is 4.64. The first kappa shape index (κ1) is 16.7. The van der Waals surface area contributed by atoms with Gasteiger partial charge in [-0.2, -0.15) is 13.2 Å². The number of carbonyl (C=O) groups is 2.